The van der Waals surface area contributed by atoms with E-state index in [1.807, 2.05) is 42.5 Å². The van der Waals surface area contributed by atoms with Crippen LogP contribution in [0.25, 0.3) is 17.1 Å². The number of rotatable bonds is 4. The third-order valence-electron chi connectivity index (χ3n) is 7.86. The van der Waals surface area contributed by atoms with Gasteiger partial charge in [-0.25, -0.2) is 4.39 Å². The maximum absolute atomic E-state index is 15.2. The molecule has 4 aromatic rings. The Kier molecular flexibility index (Phi) is 5.99. The van der Waals surface area contributed by atoms with E-state index in [0.29, 0.717) is 36.3 Å². The second-order valence-electron chi connectivity index (χ2n) is 10.3. The molecule has 3 N–H and O–H groups in total. The first-order valence-electron chi connectivity index (χ1n) is 13.5. The molecule has 2 aromatic carbocycles. The number of hydrogen-bond donors (Lipinski definition) is 2. The summed E-state index contributed by atoms with van der Waals surface area (Å²) in [5, 5.41) is 16.4. The molecule has 39 heavy (non-hydrogen) atoms. The Morgan fingerprint density at radius 1 is 1.03 bits per heavy atom. The first-order chi connectivity index (χ1) is 19.1. The van der Waals surface area contributed by atoms with Crippen molar-refractivity contribution in [1.29, 1.82) is 0 Å². The summed E-state index contributed by atoms with van der Waals surface area (Å²) in [4.78, 5) is 9.03. The van der Waals surface area contributed by atoms with Crippen molar-refractivity contribution in [2.45, 2.75) is 31.7 Å². The maximum atomic E-state index is 15.2. The summed E-state index contributed by atoms with van der Waals surface area (Å²) in [7, 11) is 0. The summed E-state index contributed by atoms with van der Waals surface area (Å²) in [6.45, 7) is 4.38. The zero-order chi connectivity index (χ0) is 26.3. The van der Waals surface area contributed by atoms with Gasteiger partial charge in [0.2, 0.25) is 11.9 Å². The molecule has 3 aliphatic heterocycles. The molecule has 5 heterocycles. The van der Waals surface area contributed by atoms with Gasteiger partial charge < -0.3 is 20.7 Å². The molecule has 2 saturated heterocycles. The number of nitrogens with one attached hydrogen (secondary N) is 1. The van der Waals surface area contributed by atoms with Crippen molar-refractivity contribution >= 4 is 23.3 Å². The van der Waals surface area contributed by atoms with Gasteiger partial charge in [0, 0.05) is 43.3 Å². The Morgan fingerprint density at radius 3 is 2.87 bits per heavy atom. The lowest BCUT2D eigenvalue weighted by atomic mass is 9.99. The minimum absolute atomic E-state index is 0.152. The number of aromatic nitrogens is 5. The minimum atomic E-state index is -0.268. The third-order valence-corrected chi connectivity index (χ3v) is 7.86. The average Bonchev–Trinajstić information content (AvgIpc) is 3.21. The number of hydrogen-bond acceptors (Lipinski definition) is 9. The highest BCUT2D eigenvalue weighted by molar-refractivity contribution is 5.71. The SMILES string of the molecule is Nc1nc(Nc2ccc(N3CCN4CCCCC4C3)c(F)c2)nn1-c1cc2c(nn1)-c1ccccc1OCC2. The standard InChI is InChI=1S/C28H30FN9O/c29-22-16-19(8-9-23(22)37-13-12-36-11-4-3-5-20(36)17-37)31-28-32-27(30)38(35-28)25-15-18-10-14-39-24-7-2-1-6-21(24)26(18)34-33-25/h1-2,6-9,15-16,20H,3-5,10-14,17H2,(H3,30,31,32,35). The monoisotopic (exact) mass is 527 g/mol. The van der Waals surface area contributed by atoms with Gasteiger partial charge in [0.05, 0.1) is 12.3 Å². The minimum Gasteiger partial charge on any atom is -0.493 e. The van der Waals surface area contributed by atoms with Crippen LogP contribution in [-0.2, 0) is 6.42 Å². The Balaban J connectivity index is 1.10. The lowest BCUT2D eigenvalue weighted by Crippen LogP contribution is -2.55. The van der Waals surface area contributed by atoms with Crippen molar-refractivity contribution in [2.24, 2.45) is 0 Å². The van der Waals surface area contributed by atoms with Crippen molar-refractivity contribution in [3.63, 3.8) is 0 Å². The molecule has 1 unspecified atom stereocenters. The van der Waals surface area contributed by atoms with Gasteiger partial charge >= 0.3 is 0 Å². The zero-order valence-electron chi connectivity index (χ0n) is 21.6. The molecule has 0 bridgehead atoms. The van der Waals surface area contributed by atoms with Crippen LogP contribution < -0.4 is 20.7 Å². The fourth-order valence-electron chi connectivity index (χ4n) is 5.89. The van der Waals surface area contributed by atoms with E-state index in [1.54, 1.807) is 0 Å². The molecule has 2 aromatic heterocycles. The van der Waals surface area contributed by atoms with Gasteiger partial charge in [0.15, 0.2) is 5.82 Å². The summed E-state index contributed by atoms with van der Waals surface area (Å²) >= 11 is 0. The fraction of sp³-hybridized carbons (Fsp3) is 0.357. The molecular weight excluding hydrogens is 497 g/mol. The molecule has 0 radical (unpaired) electrons. The molecule has 0 aliphatic carbocycles. The predicted octanol–water partition coefficient (Wildman–Crippen LogP) is 3.80. The van der Waals surface area contributed by atoms with Gasteiger partial charge in [-0.3, -0.25) is 4.90 Å². The van der Waals surface area contributed by atoms with Gasteiger partial charge in [-0.15, -0.1) is 15.3 Å². The molecule has 200 valence electrons. The number of halogens is 1. The van der Waals surface area contributed by atoms with Crippen LogP contribution >= 0.6 is 0 Å². The fourth-order valence-corrected chi connectivity index (χ4v) is 5.89. The van der Waals surface area contributed by atoms with E-state index in [1.165, 1.54) is 30.0 Å². The van der Waals surface area contributed by atoms with Crippen molar-refractivity contribution < 1.29 is 9.13 Å². The molecular formula is C28H30FN9O. The number of benzene rings is 2. The highest BCUT2D eigenvalue weighted by Gasteiger charge is 2.30. The van der Waals surface area contributed by atoms with Gasteiger partial charge in [-0.05, 0) is 61.3 Å². The molecule has 11 heteroatoms. The molecule has 2 fully saturated rings. The average molecular weight is 528 g/mol. The molecule has 3 aliphatic rings. The number of anilines is 4. The van der Waals surface area contributed by atoms with Gasteiger partial charge in [-0.1, -0.05) is 18.6 Å². The maximum Gasteiger partial charge on any atom is 0.248 e. The van der Waals surface area contributed by atoms with Crippen LogP contribution in [0.15, 0.2) is 48.5 Å². The molecule has 10 nitrogen and oxygen atoms in total. The van der Waals surface area contributed by atoms with Crippen LogP contribution in [0.1, 0.15) is 24.8 Å². The number of para-hydroxylation sites is 1. The van der Waals surface area contributed by atoms with Crippen molar-refractivity contribution in [1.82, 2.24) is 29.9 Å². The van der Waals surface area contributed by atoms with Crippen molar-refractivity contribution in [3.05, 3.63) is 59.9 Å². The highest BCUT2D eigenvalue weighted by atomic mass is 19.1. The third kappa shape index (κ3) is 4.52. The molecule has 0 saturated carbocycles. The predicted molar refractivity (Wildman–Crippen MR) is 147 cm³/mol. The number of nitrogen functional groups attached to an aromatic ring is 1. The smallest absolute Gasteiger partial charge is 0.248 e. The molecule has 1 atom stereocenters. The first kappa shape index (κ1) is 23.8. The number of fused-ring (bicyclic) bond motifs is 4. The number of nitrogens with two attached hydrogens (primary N) is 1. The van der Waals surface area contributed by atoms with Crippen LogP contribution in [0.4, 0.5) is 27.7 Å². The topological polar surface area (TPSA) is 110 Å². The van der Waals surface area contributed by atoms with E-state index >= 15 is 4.39 Å². The largest absolute Gasteiger partial charge is 0.493 e. The number of ether oxygens (including phenoxy) is 1. The van der Waals surface area contributed by atoms with Crippen LogP contribution in [0.2, 0.25) is 0 Å². The van der Waals surface area contributed by atoms with Gasteiger partial charge in [0.1, 0.15) is 17.3 Å². The second-order valence-corrected chi connectivity index (χ2v) is 10.3. The summed E-state index contributed by atoms with van der Waals surface area (Å²) in [5.74, 6) is 1.38. The van der Waals surface area contributed by atoms with E-state index in [0.717, 1.165) is 48.7 Å². The molecule has 7 rings (SSSR count). The molecule has 0 amide bonds. The van der Waals surface area contributed by atoms with Gasteiger partial charge in [-0.2, -0.15) is 9.67 Å². The Bertz CT molecular complexity index is 1520. The number of piperazine rings is 1. The van der Waals surface area contributed by atoms with Crippen LogP contribution in [0, 0.1) is 5.82 Å². The van der Waals surface area contributed by atoms with Crippen LogP contribution in [0.5, 0.6) is 5.75 Å². The van der Waals surface area contributed by atoms with Crippen LogP contribution in [-0.4, -0.2) is 68.7 Å². The van der Waals surface area contributed by atoms with E-state index in [4.69, 9.17) is 10.5 Å². The van der Waals surface area contributed by atoms with Gasteiger partial charge in [0.25, 0.3) is 0 Å². The Hall–Kier alpha value is -4.25. The Labute approximate surface area is 225 Å². The van der Waals surface area contributed by atoms with E-state index < -0.39 is 0 Å². The highest BCUT2D eigenvalue weighted by Crippen LogP contribution is 2.34. The first-order valence-corrected chi connectivity index (χ1v) is 13.5. The number of nitrogens with zero attached hydrogens (tertiary/aromatic N) is 7. The lowest BCUT2D eigenvalue weighted by molar-refractivity contribution is 0.133. The number of piperidine rings is 1. The molecule has 0 spiro atoms. The Morgan fingerprint density at radius 2 is 1.95 bits per heavy atom. The van der Waals surface area contributed by atoms with E-state index in [2.05, 4.69) is 35.4 Å². The summed E-state index contributed by atoms with van der Waals surface area (Å²) in [5.41, 5.74) is 10.0. The van der Waals surface area contributed by atoms with Crippen molar-refractivity contribution in [2.75, 3.05) is 48.7 Å². The van der Waals surface area contributed by atoms with E-state index in [9.17, 15) is 0 Å². The van der Waals surface area contributed by atoms with Crippen molar-refractivity contribution in [3.8, 4) is 22.8 Å². The zero-order valence-corrected chi connectivity index (χ0v) is 21.6. The second kappa shape index (κ2) is 9.81. The van der Waals surface area contributed by atoms with E-state index in [-0.39, 0.29) is 17.7 Å². The lowest BCUT2D eigenvalue weighted by Gasteiger charge is -2.45. The quantitative estimate of drug-likeness (QED) is 0.409. The summed E-state index contributed by atoms with van der Waals surface area (Å²) in [6, 6.07) is 15.4. The summed E-state index contributed by atoms with van der Waals surface area (Å²) in [6.07, 6.45) is 4.38. The summed E-state index contributed by atoms with van der Waals surface area (Å²) < 4.78 is 22.5. The normalized spacial score (nSPS) is 18.9. The van der Waals surface area contributed by atoms with Crippen LogP contribution in [0.3, 0.4) is 0 Å².